The minimum atomic E-state index is 0.0966. The topological polar surface area (TPSA) is 71.0 Å². The molecular formula is C21H37N5O2. The van der Waals surface area contributed by atoms with Gasteiger partial charge in [0.15, 0.2) is 5.96 Å². The van der Waals surface area contributed by atoms with Crippen LogP contribution in [-0.2, 0) is 11.3 Å². The predicted molar refractivity (Wildman–Crippen MR) is 114 cm³/mol. The second-order valence-electron chi connectivity index (χ2n) is 7.72. The van der Waals surface area contributed by atoms with E-state index in [0.29, 0.717) is 25.6 Å². The van der Waals surface area contributed by atoms with Crippen LogP contribution in [0.2, 0.25) is 0 Å². The molecule has 0 radical (unpaired) electrons. The number of methoxy groups -OCH3 is 1. The third-order valence-corrected chi connectivity index (χ3v) is 5.03. The van der Waals surface area contributed by atoms with Gasteiger partial charge >= 0.3 is 0 Å². The van der Waals surface area contributed by atoms with Gasteiger partial charge in [0.25, 0.3) is 0 Å². The second kappa shape index (κ2) is 11.9. The lowest BCUT2D eigenvalue weighted by Crippen LogP contribution is -2.54. The van der Waals surface area contributed by atoms with Gasteiger partial charge in [-0.15, -0.1) is 0 Å². The van der Waals surface area contributed by atoms with Gasteiger partial charge in [0.2, 0.25) is 5.88 Å². The number of pyridine rings is 1. The molecule has 1 aromatic rings. The molecule has 0 spiro atoms. The summed E-state index contributed by atoms with van der Waals surface area (Å²) in [6.45, 7) is 12.2. The molecule has 0 saturated carbocycles. The Morgan fingerprint density at radius 1 is 1.21 bits per heavy atom. The number of guanidine groups is 1. The van der Waals surface area contributed by atoms with Crippen LogP contribution in [0.5, 0.6) is 5.88 Å². The fraction of sp³-hybridized carbons (Fsp3) is 0.714. The molecule has 2 N–H and O–H groups in total. The van der Waals surface area contributed by atoms with E-state index >= 15 is 0 Å². The van der Waals surface area contributed by atoms with Gasteiger partial charge in [-0.05, 0) is 52.8 Å². The lowest BCUT2D eigenvalue weighted by atomic mass is 9.98. The lowest BCUT2D eigenvalue weighted by molar-refractivity contribution is 0.0982. The van der Waals surface area contributed by atoms with Gasteiger partial charge in [0.1, 0.15) is 6.61 Å². The number of hydrogen-bond donors (Lipinski definition) is 2. The number of ether oxygens (including phenoxy) is 2. The average Bonchev–Trinajstić information content (AvgIpc) is 2.72. The molecule has 2 rings (SSSR count). The van der Waals surface area contributed by atoms with Crippen LogP contribution in [0.1, 0.15) is 45.6 Å². The van der Waals surface area contributed by atoms with Crippen LogP contribution in [0.4, 0.5) is 0 Å². The molecular weight excluding hydrogens is 354 g/mol. The molecule has 158 valence electrons. The summed E-state index contributed by atoms with van der Waals surface area (Å²) < 4.78 is 10.8. The molecule has 7 heteroatoms. The Labute approximate surface area is 169 Å². The summed E-state index contributed by atoms with van der Waals surface area (Å²) in [5.74, 6) is 1.44. The Hall–Kier alpha value is -1.86. The first-order valence-corrected chi connectivity index (χ1v) is 10.4. The van der Waals surface area contributed by atoms with Gasteiger partial charge in [-0.1, -0.05) is 12.5 Å². The van der Waals surface area contributed by atoms with Crippen LogP contribution in [0.25, 0.3) is 0 Å². The van der Waals surface area contributed by atoms with Gasteiger partial charge < -0.3 is 20.1 Å². The van der Waals surface area contributed by atoms with Gasteiger partial charge in [0, 0.05) is 37.5 Å². The highest BCUT2D eigenvalue weighted by atomic mass is 16.5. The maximum Gasteiger partial charge on any atom is 0.218 e. The van der Waals surface area contributed by atoms with Gasteiger partial charge in [-0.2, -0.15) is 0 Å². The van der Waals surface area contributed by atoms with Crippen LogP contribution in [0, 0.1) is 0 Å². The van der Waals surface area contributed by atoms with E-state index in [0.717, 1.165) is 24.6 Å². The minimum Gasteiger partial charge on any atom is -0.475 e. The standard InChI is InChI=1S/C21H37N5O2/c1-5-22-20(25-17-21(2,3)26-12-7-6-8-13-26)24-16-18-10-9-11-23-19(18)28-15-14-27-4/h9-11H,5-8,12-17H2,1-4H3,(H2,22,24,25). The zero-order valence-corrected chi connectivity index (χ0v) is 18.0. The van der Waals surface area contributed by atoms with E-state index < -0.39 is 0 Å². The summed E-state index contributed by atoms with van der Waals surface area (Å²) in [6.07, 6.45) is 5.68. The van der Waals surface area contributed by atoms with Crippen molar-refractivity contribution in [1.82, 2.24) is 20.5 Å². The Bertz CT molecular complexity index is 600. The van der Waals surface area contributed by atoms with Crippen molar-refractivity contribution in [2.75, 3.05) is 46.5 Å². The summed E-state index contributed by atoms with van der Waals surface area (Å²) in [5.41, 5.74) is 1.06. The van der Waals surface area contributed by atoms with E-state index in [1.54, 1.807) is 13.3 Å². The fourth-order valence-corrected chi connectivity index (χ4v) is 3.31. The summed E-state index contributed by atoms with van der Waals surface area (Å²) in [4.78, 5) is 11.7. The van der Waals surface area contributed by atoms with Crippen molar-refractivity contribution in [3.8, 4) is 5.88 Å². The van der Waals surface area contributed by atoms with Crippen LogP contribution in [0.15, 0.2) is 23.3 Å². The molecule has 0 bridgehead atoms. The van der Waals surface area contributed by atoms with Crippen molar-refractivity contribution in [3.05, 3.63) is 23.9 Å². The molecule has 1 saturated heterocycles. The first kappa shape index (κ1) is 22.4. The van der Waals surface area contributed by atoms with Gasteiger partial charge in [-0.25, -0.2) is 9.98 Å². The molecule has 2 heterocycles. The highest BCUT2D eigenvalue weighted by Crippen LogP contribution is 2.20. The van der Waals surface area contributed by atoms with E-state index in [-0.39, 0.29) is 5.54 Å². The highest BCUT2D eigenvalue weighted by molar-refractivity contribution is 5.79. The summed E-state index contributed by atoms with van der Waals surface area (Å²) in [6, 6.07) is 3.91. The number of aromatic nitrogens is 1. The minimum absolute atomic E-state index is 0.0966. The molecule has 1 fully saturated rings. The van der Waals surface area contributed by atoms with Crippen LogP contribution in [-0.4, -0.2) is 67.9 Å². The molecule has 7 nitrogen and oxygen atoms in total. The zero-order valence-electron chi connectivity index (χ0n) is 18.0. The molecule has 0 amide bonds. The van der Waals surface area contributed by atoms with E-state index in [1.807, 2.05) is 12.1 Å². The maximum atomic E-state index is 5.71. The Morgan fingerprint density at radius 2 is 2.00 bits per heavy atom. The molecule has 0 aliphatic carbocycles. The van der Waals surface area contributed by atoms with Gasteiger partial charge in [0.05, 0.1) is 13.2 Å². The average molecular weight is 392 g/mol. The molecule has 28 heavy (non-hydrogen) atoms. The largest absolute Gasteiger partial charge is 0.475 e. The fourth-order valence-electron chi connectivity index (χ4n) is 3.31. The summed E-state index contributed by atoms with van der Waals surface area (Å²) in [5, 5.41) is 6.86. The number of nitrogens with zero attached hydrogens (tertiary/aromatic N) is 3. The van der Waals surface area contributed by atoms with Crippen LogP contribution in [0.3, 0.4) is 0 Å². The van der Waals surface area contributed by atoms with E-state index in [9.17, 15) is 0 Å². The molecule has 0 unspecified atom stereocenters. The Balaban J connectivity index is 1.96. The van der Waals surface area contributed by atoms with Crippen molar-refractivity contribution in [2.24, 2.45) is 4.99 Å². The van der Waals surface area contributed by atoms with Crippen molar-refractivity contribution in [2.45, 2.75) is 52.1 Å². The molecule has 1 aliphatic rings. The molecule has 0 aromatic carbocycles. The van der Waals surface area contributed by atoms with E-state index in [4.69, 9.17) is 14.5 Å². The Kier molecular flexibility index (Phi) is 9.50. The number of likely N-dealkylation sites (tertiary alicyclic amines) is 1. The number of nitrogens with one attached hydrogen (secondary N) is 2. The maximum absolute atomic E-state index is 5.71. The predicted octanol–water partition coefficient (Wildman–Crippen LogP) is 2.43. The SMILES string of the molecule is CCNC(=NCc1cccnc1OCCOC)NCC(C)(C)N1CCCCC1. The van der Waals surface area contributed by atoms with Crippen LogP contribution >= 0.6 is 0 Å². The number of piperidine rings is 1. The number of rotatable bonds is 10. The third-order valence-electron chi connectivity index (χ3n) is 5.03. The monoisotopic (exact) mass is 391 g/mol. The van der Waals surface area contributed by atoms with Crippen LogP contribution < -0.4 is 15.4 Å². The van der Waals surface area contributed by atoms with Crippen molar-refractivity contribution in [1.29, 1.82) is 0 Å². The lowest BCUT2D eigenvalue weighted by Gasteiger charge is -2.41. The smallest absolute Gasteiger partial charge is 0.218 e. The molecule has 0 atom stereocenters. The quantitative estimate of drug-likeness (QED) is 0.363. The highest BCUT2D eigenvalue weighted by Gasteiger charge is 2.27. The normalized spacial score (nSPS) is 16.1. The van der Waals surface area contributed by atoms with Gasteiger partial charge in [-0.3, -0.25) is 4.90 Å². The Morgan fingerprint density at radius 3 is 2.71 bits per heavy atom. The summed E-state index contributed by atoms with van der Waals surface area (Å²) >= 11 is 0. The van der Waals surface area contributed by atoms with Crippen molar-refractivity contribution < 1.29 is 9.47 Å². The molecule has 1 aliphatic heterocycles. The third kappa shape index (κ3) is 7.28. The first-order chi connectivity index (χ1) is 13.6. The van der Waals surface area contributed by atoms with Crippen molar-refractivity contribution >= 4 is 5.96 Å². The number of hydrogen-bond acceptors (Lipinski definition) is 5. The zero-order chi connectivity index (χ0) is 20.2. The molecule has 1 aromatic heterocycles. The van der Waals surface area contributed by atoms with E-state index in [2.05, 4.69) is 41.3 Å². The number of aliphatic imine (C=N–C) groups is 1. The van der Waals surface area contributed by atoms with Crippen molar-refractivity contribution in [3.63, 3.8) is 0 Å². The van der Waals surface area contributed by atoms with E-state index in [1.165, 1.54) is 32.4 Å². The second-order valence-corrected chi connectivity index (χ2v) is 7.72. The first-order valence-electron chi connectivity index (χ1n) is 10.4. The summed E-state index contributed by atoms with van der Waals surface area (Å²) in [7, 11) is 1.66.